The number of benzene rings is 1. The number of unbranched alkanes of at least 4 members (excludes halogenated alkanes) is 3. The number of carbonyl (C=O) groups is 2. The van der Waals surface area contributed by atoms with Crippen LogP contribution in [0.15, 0.2) is 42.6 Å². The van der Waals surface area contributed by atoms with Crippen molar-refractivity contribution in [3.63, 3.8) is 0 Å². The number of carbonyl (C=O) groups excluding carboxylic acids is 2. The summed E-state index contributed by atoms with van der Waals surface area (Å²) in [5.74, 6) is 0.251. The van der Waals surface area contributed by atoms with Crippen LogP contribution < -0.4 is 0 Å². The molecule has 182 valence electrons. The van der Waals surface area contributed by atoms with E-state index < -0.39 is 0 Å². The van der Waals surface area contributed by atoms with Crippen LogP contribution >= 0.6 is 0 Å². The maximum atomic E-state index is 13.3. The zero-order chi connectivity index (χ0) is 24.4. The minimum Gasteiger partial charge on any atom is -0.353 e. The highest BCUT2D eigenvalue weighted by atomic mass is 16.2. The van der Waals surface area contributed by atoms with Crippen LogP contribution in [-0.2, 0) is 24.8 Å². The van der Waals surface area contributed by atoms with Gasteiger partial charge >= 0.3 is 0 Å². The first-order valence-corrected chi connectivity index (χ1v) is 12.5. The molecule has 0 saturated heterocycles. The van der Waals surface area contributed by atoms with Crippen molar-refractivity contribution < 1.29 is 9.59 Å². The Balaban J connectivity index is 2.08. The van der Waals surface area contributed by atoms with Crippen molar-refractivity contribution in [1.82, 2.24) is 14.4 Å². The van der Waals surface area contributed by atoms with E-state index in [2.05, 4.69) is 32.9 Å². The lowest BCUT2D eigenvalue weighted by Gasteiger charge is -2.31. The monoisotopic (exact) mass is 453 g/mol. The predicted octanol–water partition coefficient (Wildman–Crippen LogP) is 5.68. The maximum absolute atomic E-state index is 13.3. The lowest BCUT2D eigenvalue weighted by molar-refractivity contribution is -0.133. The molecule has 0 bridgehead atoms. The molecule has 0 N–H and O–H groups in total. The summed E-state index contributed by atoms with van der Waals surface area (Å²) in [7, 11) is 1.99. The fourth-order valence-electron chi connectivity index (χ4n) is 4.02. The Hall–Kier alpha value is -2.56. The van der Waals surface area contributed by atoms with Gasteiger partial charge in [-0.05, 0) is 62.4 Å². The molecule has 0 saturated carbocycles. The van der Waals surface area contributed by atoms with Gasteiger partial charge in [-0.1, -0.05) is 52.2 Å². The molecule has 0 spiro atoms. The number of rotatable bonds is 13. The van der Waals surface area contributed by atoms with Crippen LogP contribution in [0.4, 0.5) is 0 Å². The van der Waals surface area contributed by atoms with Crippen molar-refractivity contribution in [1.29, 1.82) is 0 Å². The molecule has 33 heavy (non-hydrogen) atoms. The van der Waals surface area contributed by atoms with Gasteiger partial charge in [-0.25, -0.2) is 0 Å². The number of aryl methyl sites for hydroxylation is 2. The van der Waals surface area contributed by atoms with Gasteiger partial charge in [-0.2, -0.15) is 0 Å². The molecule has 0 fully saturated rings. The number of aromatic nitrogens is 1. The largest absolute Gasteiger partial charge is 0.353 e. The van der Waals surface area contributed by atoms with Crippen molar-refractivity contribution in [2.24, 2.45) is 13.0 Å². The van der Waals surface area contributed by atoms with Crippen molar-refractivity contribution in [3.8, 4) is 0 Å². The van der Waals surface area contributed by atoms with Crippen LogP contribution in [0.5, 0.6) is 0 Å². The van der Waals surface area contributed by atoms with Gasteiger partial charge in [0.25, 0.3) is 5.91 Å². The van der Waals surface area contributed by atoms with Crippen LogP contribution in [-0.4, -0.2) is 45.3 Å². The summed E-state index contributed by atoms with van der Waals surface area (Å²) < 4.78 is 2.04. The summed E-state index contributed by atoms with van der Waals surface area (Å²) in [6.45, 7) is 11.7. The first-order chi connectivity index (χ1) is 15.7. The van der Waals surface area contributed by atoms with Gasteiger partial charge in [0.2, 0.25) is 5.91 Å². The van der Waals surface area contributed by atoms with Gasteiger partial charge in [0.05, 0.1) is 6.54 Å². The molecule has 2 rings (SSSR count). The smallest absolute Gasteiger partial charge is 0.254 e. The minimum absolute atomic E-state index is 0.0144. The minimum atomic E-state index is -0.0840. The summed E-state index contributed by atoms with van der Waals surface area (Å²) in [6, 6.07) is 11.9. The van der Waals surface area contributed by atoms with Gasteiger partial charge in [0.15, 0.2) is 0 Å². The second-order valence-electron chi connectivity index (χ2n) is 9.81. The average molecular weight is 454 g/mol. The van der Waals surface area contributed by atoms with E-state index in [0.717, 1.165) is 12.1 Å². The highest BCUT2D eigenvalue weighted by Crippen LogP contribution is 2.15. The Labute approximate surface area is 200 Å². The van der Waals surface area contributed by atoms with Crippen LogP contribution in [0.25, 0.3) is 0 Å². The third kappa shape index (κ3) is 8.38. The fraction of sp³-hybridized carbons (Fsp3) is 0.571. The Kier molecular flexibility index (Phi) is 10.7. The zero-order valence-electron chi connectivity index (χ0n) is 21.5. The van der Waals surface area contributed by atoms with E-state index in [1.54, 1.807) is 4.90 Å². The number of nitrogens with zero attached hydrogens (tertiary/aromatic N) is 3. The molecule has 0 aliphatic rings. The Bertz CT molecular complexity index is 868. The zero-order valence-corrected chi connectivity index (χ0v) is 21.5. The SMILES string of the molecule is CCCCCCc1ccc(C(=O)N(CC(=O)N(Cc2cccn2C)CC(C)C)C(C)C)cc1. The average Bonchev–Trinajstić information content (AvgIpc) is 3.18. The van der Waals surface area contributed by atoms with Crippen LogP contribution in [0, 0.1) is 5.92 Å². The van der Waals surface area contributed by atoms with E-state index in [9.17, 15) is 9.59 Å². The van der Waals surface area contributed by atoms with Crippen molar-refractivity contribution in [3.05, 3.63) is 59.4 Å². The highest BCUT2D eigenvalue weighted by molar-refractivity contribution is 5.96. The quantitative estimate of drug-likeness (QED) is 0.366. The molecule has 0 aliphatic carbocycles. The van der Waals surface area contributed by atoms with Crippen molar-refractivity contribution in [2.75, 3.05) is 13.1 Å². The molecule has 0 atom stereocenters. The first-order valence-electron chi connectivity index (χ1n) is 12.5. The number of hydrogen-bond donors (Lipinski definition) is 0. The number of amides is 2. The molecule has 1 aromatic heterocycles. The van der Waals surface area contributed by atoms with Gasteiger partial charge in [0.1, 0.15) is 6.54 Å². The second-order valence-corrected chi connectivity index (χ2v) is 9.81. The molecular formula is C28H43N3O2. The van der Waals surface area contributed by atoms with Gasteiger partial charge in [-0.15, -0.1) is 0 Å². The molecule has 1 heterocycles. The summed E-state index contributed by atoms with van der Waals surface area (Å²) >= 11 is 0. The summed E-state index contributed by atoms with van der Waals surface area (Å²) in [4.78, 5) is 30.2. The highest BCUT2D eigenvalue weighted by Gasteiger charge is 2.25. The van der Waals surface area contributed by atoms with E-state index in [0.29, 0.717) is 24.6 Å². The van der Waals surface area contributed by atoms with Gasteiger partial charge < -0.3 is 14.4 Å². The standard InChI is InChI=1S/C28H43N3O2/c1-7-8-9-10-12-24-14-16-25(17-15-24)28(33)31(23(4)5)21-27(32)30(19-22(2)3)20-26-13-11-18-29(26)6/h11,13-18,22-23H,7-10,12,19-21H2,1-6H3. The molecule has 2 amide bonds. The maximum Gasteiger partial charge on any atom is 0.254 e. The molecule has 1 aromatic carbocycles. The molecular weight excluding hydrogens is 410 g/mol. The molecule has 5 nitrogen and oxygen atoms in total. The van der Waals surface area contributed by atoms with Crippen LogP contribution in [0.2, 0.25) is 0 Å². The Morgan fingerprint density at radius 1 is 0.970 bits per heavy atom. The van der Waals surface area contributed by atoms with Crippen molar-refractivity contribution in [2.45, 2.75) is 79.3 Å². The van der Waals surface area contributed by atoms with E-state index in [1.807, 2.05) is 60.8 Å². The van der Waals surface area contributed by atoms with Gasteiger partial charge in [-0.3, -0.25) is 9.59 Å². The molecule has 5 heteroatoms. The fourth-order valence-corrected chi connectivity index (χ4v) is 4.02. The van der Waals surface area contributed by atoms with E-state index >= 15 is 0 Å². The molecule has 0 unspecified atom stereocenters. The van der Waals surface area contributed by atoms with Crippen LogP contribution in [0.3, 0.4) is 0 Å². The summed E-state index contributed by atoms with van der Waals surface area (Å²) in [5, 5.41) is 0. The third-order valence-electron chi connectivity index (χ3n) is 6.05. The molecule has 2 aromatic rings. The van der Waals surface area contributed by atoms with E-state index in [4.69, 9.17) is 0 Å². The van der Waals surface area contributed by atoms with Crippen molar-refractivity contribution >= 4 is 11.8 Å². The lowest BCUT2D eigenvalue weighted by Crippen LogP contribution is -2.46. The van der Waals surface area contributed by atoms with E-state index in [-0.39, 0.29) is 24.4 Å². The Morgan fingerprint density at radius 3 is 2.21 bits per heavy atom. The van der Waals surface area contributed by atoms with Gasteiger partial charge in [0, 0.05) is 37.1 Å². The Morgan fingerprint density at radius 2 is 1.67 bits per heavy atom. The second kappa shape index (κ2) is 13.2. The summed E-state index contributed by atoms with van der Waals surface area (Å²) in [5.41, 5.74) is 2.99. The normalized spacial score (nSPS) is 11.3. The first kappa shape index (κ1) is 26.7. The molecule has 0 aliphatic heterocycles. The van der Waals surface area contributed by atoms with Crippen LogP contribution in [0.1, 0.15) is 81.9 Å². The topological polar surface area (TPSA) is 45.6 Å². The number of hydrogen-bond acceptors (Lipinski definition) is 2. The summed E-state index contributed by atoms with van der Waals surface area (Å²) in [6.07, 6.45) is 7.97. The molecule has 0 radical (unpaired) electrons. The lowest BCUT2D eigenvalue weighted by atomic mass is 10.0. The van der Waals surface area contributed by atoms with E-state index in [1.165, 1.54) is 31.2 Å². The predicted molar refractivity (Wildman–Crippen MR) is 136 cm³/mol. The third-order valence-corrected chi connectivity index (χ3v) is 6.05.